The van der Waals surface area contributed by atoms with Gasteiger partial charge >= 0.3 is 0 Å². The van der Waals surface area contributed by atoms with Crippen LogP contribution in [0.3, 0.4) is 0 Å². The molecule has 0 saturated heterocycles. The number of rotatable bonds is 2. The topological polar surface area (TPSA) is 30.7 Å². The van der Waals surface area contributed by atoms with Crippen LogP contribution in [0.2, 0.25) is 0 Å². The average Bonchev–Trinajstić information content (AvgIpc) is 2.64. The molecule has 0 radical (unpaired) electrons. The molecular formula is C11H12N3P. The number of allylic oxidation sites excluding steroid dienone is 3. The van der Waals surface area contributed by atoms with Crippen LogP contribution in [0.4, 0.5) is 0 Å². The Kier molecular flexibility index (Phi) is 2.65. The predicted octanol–water partition coefficient (Wildman–Crippen LogP) is 2.66. The number of fused-ring (bicyclic) bond motifs is 1. The van der Waals surface area contributed by atoms with Gasteiger partial charge in [-0.2, -0.15) is 0 Å². The fourth-order valence-corrected chi connectivity index (χ4v) is 1.84. The molecule has 2 heterocycles. The largest absolute Gasteiger partial charge is 0.317 e. The molecule has 0 amide bonds. The maximum absolute atomic E-state index is 4.29. The van der Waals surface area contributed by atoms with Crippen LogP contribution in [0.15, 0.2) is 37.3 Å². The van der Waals surface area contributed by atoms with Crippen LogP contribution in [0, 0.1) is 0 Å². The second-order valence-corrected chi connectivity index (χ2v) is 3.69. The molecule has 2 rings (SSSR count). The summed E-state index contributed by atoms with van der Waals surface area (Å²) in [6.07, 6.45) is 7.33. The Bertz CT molecular complexity index is 540. The number of hydrogen-bond acceptors (Lipinski definition) is 2. The molecular weight excluding hydrogens is 205 g/mol. The van der Waals surface area contributed by atoms with Crippen molar-refractivity contribution in [3.05, 3.63) is 43.0 Å². The average molecular weight is 217 g/mol. The SMILES string of the molecule is C=C/C(=C\C)c1ncnc2c1ccn2P. The van der Waals surface area contributed by atoms with Crippen molar-refractivity contribution in [3.8, 4) is 0 Å². The van der Waals surface area contributed by atoms with Gasteiger partial charge in [0.25, 0.3) is 0 Å². The van der Waals surface area contributed by atoms with Gasteiger partial charge in [0.15, 0.2) is 0 Å². The molecule has 0 N–H and O–H groups in total. The summed E-state index contributed by atoms with van der Waals surface area (Å²) >= 11 is 0. The van der Waals surface area contributed by atoms with E-state index < -0.39 is 0 Å². The normalized spacial score (nSPS) is 12.0. The zero-order valence-electron chi connectivity index (χ0n) is 8.51. The smallest absolute Gasteiger partial charge is 0.146 e. The molecule has 1 unspecified atom stereocenters. The molecule has 0 aliphatic heterocycles. The maximum Gasteiger partial charge on any atom is 0.146 e. The van der Waals surface area contributed by atoms with Crippen molar-refractivity contribution in [2.24, 2.45) is 0 Å². The molecule has 2 aromatic heterocycles. The Balaban J connectivity index is 2.76. The summed E-state index contributed by atoms with van der Waals surface area (Å²) in [6.45, 7) is 5.76. The van der Waals surface area contributed by atoms with Gasteiger partial charge in [-0.1, -0.05) is 18.7 Å². The first-order chi connectivity index (χ1) is 7.27. The van der Waals surface area contributed by atoms with E-state index in [-0.39, 0.29) is 0 Å². The lowest BCUT2D eigenvalue weighted by molar-refractivity contribution is 1.16. The van der Waals surface area contributed by atoms with Crippen LogP contribution in [0.1, 0.15) is 12.6 Å². The summed E-state index contributed by atoms with van der Waals surface area (Å²) in [5.74, 6) is 0. The molecule has 0 fully saturated rings. The van der Waals surface area contributed by atoms with Crippen LogP contribution in [0.5, 0.6) is 0 Å². The molecule has 1 atom stereocenters. The quantitative estimate of drug-likeness (QED) is 0.572. The summed E-state index contributed by atoms with van der Waals surface area (Å²) in [7, 11) is 2.60. The second-order valence-electron chi connectivity index (χ2n) is 3.13. The van der Waals surface area contributed by atoms with Crippen molar-refractivity contribution in [2.45, 2.75) is 6.92 Å². The van der Waals surface area contributed by atoms with E-state index in [1.165, 1.54) is 0 Å². The summed E-state index contributed by atoms with van der Waals surface area (Å²) < 4.78 is 1.90. The number of nitrogens with zero attached hydrogens (tertiary/aromatic N) is 3. The molecule has 0 aromatic carbocycles. The highest BCUT2D eigenvalue weighted by Crippen LogP contribution is 2.23. The van der Waals surface area contributed by atoms with Crippen LogP contribution in [-0.4, -0.2) is 14.3 Å². The standard InChI is InChI=1S/C11H12N3P/c1-3-8(4-2)10-9-5-6-14(15)11(9)13-7-12-10/h3-7H,1,15H2,2H3/b8-4+. The van der Waals surface area contributed by atoms with E-state index in [2.05, 4.69) is 25.9 Å². The summed E-state index contributed by atoms with van der Waals surface area (Å²) in [5.41, 5.74) is 2.86. The third kappa shape index (κ3) is 1.59. The van der Waals surface area contributed by atoms with Crippen LogP contribution >= 0.6 is 9.39 Å². The first-order valence-electron chi connectivity index (χ1n) is 4.64. The molecule has 0 aliphatic rings. The van der Waals surface area contributed by atoms with Gasteiger partial charge in [0.05, 0.1) is 5.69 Å². The highest BCUT2D eigenvalue weighted by atomic mass is 31.0. The van der Waals surface area contributed by atoms with Crippen LogP contribution < -0.4 is 0 Å². The van der Waals surface area contributed by atoms with Gasteiger partial charge in [-0.25, -0.2) is 9.97 Å². The summed E-state index contributed by atoms with van der Waals surface area (Å²) in [4.78, 5) is 8.51. The van der Waals surface area contributed by atoms with Crippen LogP contribution in [0.25, 0.3) is 16.6 Å². The minimum absolute atomic E-state index is 0.909. The Hall–Kier alpha value is -1.47. The van der Waals surface area contributed by atoms with Gasteiger partial charge in [-0.05, 0) is 28.0 Å². The van der Waals surface area contributed by atoms with Crippen LogP contribution in [-0.2, 0) is 0 Å². The third-order valence-corrected chi connectivity index (χ3v) is 2.73. The van der Waals surface area contributed by atoms with Gasteiger partial charge in [0.2, 0.25) is 0 Å². The maximum atomic E-state index is 4.29. The molecule has 15 heavy (non-hydrogen) atoms. The van der Waals surface area contributed by atoms with E-state index >= 15 is 0 Å². The highest BCUT2D eigenvalue weighted by Gasteiger charge is 2.07. The zero-order valence-corrected chi connectivity index (χ0v) is 9.67. The van der Waals surface area contributed by atoms with Gasteiger partial charge in [-0.3, -0.25) is 0 Å². The van der Waals surface area contributed by atoms with E-state index in [1.54, 1.807) is 6.33 Å². The lowest BCUT2D eigenvalue weighted by Gasteiger charge is -2.02. The minimum Gasteiger partial charge on any atom is -0.317 e. The van der Waals surface area contributed by atoms with Crippen molar-refractivity contribution in [2.75, 3.05) is 0 Å². The Morgan fingerprint density at radius 1 is 1.53 bits per heavy atom. The molecule has 2 aromatic rings. The molecule has 0 aliphatic carbocycles. The molecule has 3 nitrogen and oxygen atoms in total. The number of hydrogen-bond donors (Lipinski definition) is 0. The fraction of sp³-hybridized carbons (Fsp3) is 0.0909. The van der Waals surface area contributed by atoms with E-state index in [1.807, 2.05) is 35.7 Å². The molecule has 0 bridgehead atoms. The minimum atomic E-state index is 0.909. The summed E-state index contributed by atoms with van der Waals surface area (Å²) in [6, 6.07) is 2.00. The van der Waals surface area contributed by atoms with E-state index in [9.17, 15) is 0 Å². The molecule has 4 heteroatoms. The first-order valence-corrected chi connectivity index (χ1v) is 5.15. The van der Waals surface area contributed by atoms with Crippen molar-refractivity contribution in [1.82, 2.24) is 14.3 Å². The Morgan fingerprint density at radius 2 is 2.33 bits per heavy atom. The van der Waals surface area contributed by atoms with Gasteiger partial charge in [0.1, 0.15) is 12.0 Å². The van der Waals surface area contributed by atoms with Crippen molar-refractivity contribution >= 4 is 26.0 Å². The lowest BCUT2D eigenvalue weighted by Crippen LogP contribution is -1.91. The van der Waals surface area contributed by atoms with Crippen molar-refractivity contribution < 1.29 is 0 Å². The molecule has 0 spiro atoms. The van der Waals surface area contributed by atoms with Crippen molar-refractivity contribution in [1.29, 1.82) is 0 Å². The van der Waals surface area contributed by atoms with Gasteiger partial charge < -0.3 is 4.34 Å². The Labute approximate surface area is 90.8 Å². The first kappa shape index (κ1) is 10.1. The van der Waals surface area contributed by atoms with E-state index in [4.69, 9.17) is 0 Å². The highest BCUT2D eigenvalue weighted by molar-refractivity contribution is 7.14. The zero-order chi connectivity index (χ0) is 10.8. The van der Waals surface area contributed by atoms with Gasteiger partial charge in [0, 0.05) is 11.6 Å². The van der Waals surface area contributed by atoms with E-state index in [0.29, 0.717) is 0 Å². The third-order valence-electron chi connectivity index (χ3n) is 2.31. The Morgan fingerprint density at radius 3 is 3.00 bits per heavy atom. The molecule has 76 valence electrons. The van der Waals surface area contributed by atoms with E-state index in [0.717, 1.165) is 22.3 Å². The second kappa shape index (κ2) is 3.95. The van der Waals surface area contributed by atoms with Gasteiger partial charge in [-0.15, -0.1) is 0 Å². The fourth-order valence-electron chi connectivity index (χ4n) is 1.55. The van der Waals surface area contributed by atoms with Crippen molar-refractivity contribution in [3.63, 3.8) is 0 Å². The predicted molar refractivity (Wildman–Crippen MR) is 66.5 cm³/mol. The monoisotopic (exact) mass is 217 g/mol. The lowest BCUT2D eigenvalue weighted by atomic mass is 10.1. The summed E-state index contributed by atoms with van der Waals surface area (Å²) in [5, 5.41) is 1.04. The number of aromatic nitrogens is 3. The molecule has 0 saturated carbocycles.